The van der Waals surface area contributed by atoms with Gasteiger partial charge in [0.2, 0.25) is 11.8 Å². The Balaban J connectivity index is 1.99. The van der Waals surface area contributed by atoms with Crippen LogP contribution in [-0.4, -0.2) is 54.0 Å². The minimum absolute atomic E-state index is 0.0171. The SMILES string of the molecule is CN(C)C(=O)CNC(=NCc1ccc(OC(C)(C)C)nc1)NC1CCCCC1. The fraction of sp³-hybridized carbons (Fsp3) is 0.667. The fourth-order valence-electron chi connectivity index (χ4n) is 2.96. The molecule has 7 heteroatoms. The summed E-state index contributed by atoms with van der Waals surface area (Å²) in [6.07, 6.45) is 7.84. The highest BCUT2D eigenvalue weighted by molar-refractivity contribution is 5.86. The number of aromatic nitrogens is 1. The summed E-state index contributed by atoms with van der Waals surface area (Å²) in [6.45, 7) is 6.70. The first kappa shape index (κ1) is 22.0. The normalized spacial score (nSPS) is 15.8. The Morgan fingerprint density at radius 3 is 2.54 bits per heavy atom. The van der Waals surface area contributed by atoms with Crippen molar-refractivity contribution in [3.63, 3.8) is 0 Å². The van der Waals surface area contributed by atoms with Crippen molar-refractivity contribution in [3.8, 4) is 5.88 Å². The first-order valence-corrected chi connectivity index (χ1v) is 10.1. The summed E-state index contributed by atoms with van der Waals surface area (Å²) in [5, 5.41) is 6.65. The Morgan fingerprint density at radius 1 is 1.25 bits per heavy atom. The van der Waals surface area contributed by atoms with Gasteiger partial charge in [-0.15, -0.1) is 0 Å². The molecule has 1 aliphatic rings. The van der Waals surface area contributed by atoms with Crippen molar-refractivity contribution in [2.24, 2.45) is 4.99 Å². The van der Waals surface area contributed by atoms with Crippen molar-refractivity contribution < 1.29 is 9.53 Å². The smallest absolute Gasteiger partial charge is 0.241 e. The predicted octanol–water partition coefficient (Wildman–Crippen LogP) is 2.71. The molecular formula is C21H35N5O2. The molecule has 2 rings (SSSR count). The van der Waals surface area contributed by atoms with Crippen molar-refractivity contribution in [1.82, 2.24) is 20.5 Å². The van der Waals surface area contributed by atoms with Crippen LogP contribution < -0.4 is 15.4 Å². The second-order valence-electron chi connectivity index (χ2n) is 8.50. The monoisotopic (exact) mass is 389 g/mol. The van der Waals surface area contributed by atoms with E-state index in [4.69, 9.17) is 4.74 Å². The van der Waals surface area contributed by atoms with Gasteiger partial charge in [0.25, 0.3) is 0 Å². The molecule has 28 heavy (non-hydrogen) atoms. The summed E-state index contributed by atoms with van der Waals surface area (Å²) in [4.78, 5) is 22.5. The standard InChI is InChI=1S/C21H35N5O2/c1-21(2,3)28-18-12-11-16(13-22-18)14-23-20(24-15-19(27)26(4)5)25-17-9-7-6-8-10-17/h11-13,17H,6-10,14-15H2,1-5H3,(H2,23,24,25). The molecule has 1 aliphatic carbocycles. The van der Waals surface area contributed by atoms with E-state index >= 15 is 0 Å². The number of rotatable bonds is 6. The number of nitrogens with zero attached hydrogens (tertiary/aromatic N) is 3. The first-order valence-electron chi connectivity index (χ1n) is 10.1. The number of ether oxygens (including phenoxy) is 1. The number of carbonyl (C=O) groups is 1. The number of hydrogen-bond acceptors (Lipinski definition) is 4. The van der Waals surface area contributed by atoms with Crippen LogP contribution in [0.5, 0.6) is 5.88 Å². The third-order valence-corrected chi connectivity index (χ3v) is 4.48. The molecule has 1 heterocycles. The van der Waals surface area contributed by atoms with Crippen LogP contribution in [-0.2, 0) is 11.3 Å². The van der Waals surface area contributed by atoms with Crippen molar-refractivity contribution in [3.05, 3.63) is 23.9 Å². The van der Waals surface area contributed by atoms with Crippen molar-refractivity contribution in [2.45, 2.75) is 71.1 Å². The van der Waals surface area contributed by atoms with Crippen LogP contribution >= 0.6 is 0 Å². The molecule has 1 fully saturated rings. The number of hydrogen-bond donors (Lipinski definition) is 2. The lowest BCUT2D eigenvalue weighted by Crippen LogP contribution is -2.47. The lowest BCUT2D eigenvalue weighted by molar-refractivity contribution is -0.127. The molecule has 0 radical (unpaired) electrons. The van der Waals surface area contributed by atoms with Crippen LogP contribution in [0.4, 0.5) is 0 Å². The maximum Gasteiger partial charge on any atom is 0.241 e. The van der Waals surface area contributed by atoms with E-state index in [0.717, 1.165) is 18.4 Å². The van der Waals surface area contributed by atoms with Crippen LogP contribution in [0, 0.1) is 0 Å². The average Bonchev–Trinajstić information content (AvgIpc) is 2.64. The van der Waals surface area contributed by atoms with Gasteiger partial charge >= 0.3 is 0 Å². The van der Waals surface area contributed by atoms with E-state index in [2.05, 4.69) is 20.6 Å². The van der Waals surface area contributed by atoms with Gasteiger partial charge in [-0.3, -0.25) is 4.79 Å². The molecule has 0 atom stereocenters. The van der Waals surface area contributed by atoms with Gasteiger partial charge < -0.3 is 20.3 Å². The maximum atomic E-state index is 11.9. The van der Waals surface area contributed by atoms with Crippen molar-refractivity contribution >= 4 is 11.9 Å². The van der Waals surface area contributed by atoms with Gasteiger partial charge in [0.15, 0.2) is 5.96 Å². The number of guanidine groups is 1. The minimum Gasteiger partial charge on any atom is -0.472 e. The van der Waals surface area contributed by atoms with Crippen molar-refractivity contribution in [2.75, 3.05) is 20.6 Å². The van der Waals surface area contributed by atoms with E-state index in [0.29, 0.717) is 24.4 Å². The minimum atomic E-state index is -0.271. The molecule has 1 saturated carbocycles. The Bertz CT molecular complexity index is 644. The van der Waals surface area contributed by atoms with E-state index in [1.54, 1.807) is 25.2 Å². The molecule has 156 valence electrons. The number of nitrogens with one attached hydrogen (secondary N) is 2. The van der Waals surface area contributed by atoms with Gasteiger partial charge in [0.05, 0.1) is 13.1 Å². The molecule has 7 nitrogen and oxygen atoms in total. The van der Waals surface area contributed by atoms with Gasteiger partial charge in [-0.1, -0.05) is 25.3 Å². The van der Waals surface area contributed by atoms with Crippen LogP contribution in [0.15, 0.2) is 23.3 Å². The Labute approximate surface area is 169 Å². The molecule has 1 amide bonds. The molecule has 0 saturated heterocycles. The van der Waals surface area contributed by atoms with E-state index in [1.165, 1.54) is 19.3 Å². The quantitative estimate of drug-likeness (QED) is 0.578. The maximum absolute atomic E-state index is 11.9. The third kappa shape index (κ3) is 8.15. The van der Waals surface area contributed by atoms with Crippen molar-refractivity contribution in [1.29, 1.82) is 0 Å². The third-order valence-electron chi connectivity index (χ3n) is 4.48. The van der Waals surface area contributed by atoms with Gasteiger partial charge in [-0.2, -0.15) is 0 Å². The van der Waals surface area contributed by atoms with Crippen LogP contribution in [0.3, 0.4) is 0 Å². The summed E-state index contributed by atoms with van der Waals surface area (Å²) in [5.41, 5.74) is 0.720. The lowest BCUT2D eigenvalue weighted by Gasteiger charge is -2.25. The zero-order valence-corrected chi connectivity index (χ0v) is 17.9. The van der Waals surface area contributed by atoms with Gasteiger partial charge in [0.1, 0.15) is 5.60 Å². The van der Waals surface area contributed by atoms with Crippen LogP contribution in [0.2, 0.25) is 0 Å². The van der Waals surface area contributed by atoms with Gasteiger partial charge in [-0.05, 0) is 39.2 Å². The van der Waals surface area contributed by atoms with E-state index in [9.17, 15) is 4.79 Å². The molecule has 2 N–H and O–H groups in total. The summed E-state index contributed by atoms with van der Waals surface area (Å²) in [7, 11) is 3.50. The van der Waals surface area contributed by atoms with Crippen LogP contribution in [0.25, 0.3) is 0 Å². The summed E-state index contributed by atoms with van der Waals surface area (Å²) in [6, 6.07) is 4.25. The number of aliphatic imine (C=N–C) groups is 1. The molecule has 0 aromatic carbocycles. The number of likely N-dealkylation sites (N-methyl/N-ethyl adjacent to an activating group) is 1. The molecule has 0 unspecified atom stereocenters. The van der Waals surface area contributed by atoms with E-state index in [1.807, 2.05) is 32.9 Å². The number of amides is 1. The lowest BCUT2D eigenvalue weighted by atomic mass is 9.96. The van der Waals surface area contributed by atoms with E-state index in [-0.39, 0.29) is 18.1 Å². The van der Waals surface area contributed by atoms with Crippen LogP contribution in [0.1, 0.15) is 58.4 Å². The fourth-order valence-corrected chi connectivity index (χ4v) is 2.96. The molecule has 1 aromatic heterocycles. The predicted molar refractivity (Wildman–Crippen MR) is 112 cm³/mol. The first-order chi connectivity index (χ1) is 13.2. The van der Waals surface area contributed by atoms with Gasteiger partial charge in [-0.25, -0.2) is 9.98 Å². The second kappa shape index (κ2) is 10.3. The topological polar surface area (TPSA) is 78.9 Å². The highest BCUT2D eigenvalue weighted by atomic mass is 16.5. The zero-order chi connectivity index (χ0) is 20.6. The Hall–Kier alpha value is -2.31. The Morgan fingerprint density at radius 2 is 1.96 bits per heavy atom. The molecule has 0 spiro atoms. The molecule has 1 aromatic rings. The average molecular weight is 390 g/mol. The van der Waals surface area contributed by atoms with Gasteiger partial charge in [0, 0.05) is 32.4 Å². The summed E-state index contributed by atoms with van der Waals surface area (Å²) in [5.74, 6) is 1.30. The highest BCUT2D eigenvalue weighted by Gasteiger charge is 2.16. The largest absolute Gasteiger partial charge is 0.472 e. The molecule has 0 aliphatic heterocycles. The Kier molecular flexibility index (Phi) is 8.08. The number of pyridine rings is 1. The zero-order valence-electron chi connectivity index (χ0n) is 17.9. The summed E-state index contributed by atoms with van der Waals surface area (Å²) < 4.78 is 5.76. The molecule has 0 bridgehead atoms. The van der Waals surface area contributed by atoms with E-state index < -0.39 is 0 Å². The molecular weight excluding hydrogens is 354 g/mol. The summed E-state index contributed by atoms with van der Waals surface area (Å²) >= 11 is 0. The highest BCUT2D eigenvalue weighted by Crippen LogP contribution is 2.18. The number of carbonyl (C=O) groups excluding carboxylic acids is 1. The second-order valence-corrected chi connectivity index (χ2v) is 8.50.